The first-order valence-corrected chi connectivity index (χ1v) is 8.54. The van der Waals surface area contributed by atoms with E-state index in [1.807, 2.05) is 18.2 Å². The number of rotatable bonds is 4. The Bertz CT molecular complexity index is 857. The van der Waals surface area contributed by atoms with E-state index < -0.39 is 0 Å². The van der Waals surface area contributed by atoms with Gasteiger partial charge in [-0.1, -0.05) is 25.1 Å². The molecule has 0 N–H and O–H groups in total. The lowest BCUT2D eigenvalue weighted by Gasteiger charge is -2.30. The van der Waals surface area contributed by atoms with Gasteiger partial charge in [-0.3, -0.25) is 0 Å². The van der Waals surface area contributed by atoms with E-state index in [9.17, 15) is 0 Å². The van der Waals surface area contributed by atoms with Gasteiger partial charge in [-0.05, 0) is 48.2 Å². The minimum atomic E-state index is 0.776. The fourth-order valence-electron chi connectivity index (χ4n) is 3.26. The zero-order valence-electron chi connectivity index (χ0n) is 13.9. The van der Waals surface area contributed by atoms with E-state index in [2.05, 4.69) is 46.1 Å². The summed E-state index contributed by atoms with van der Waals surface area (Å²) in [5.41, 5.74) is 3.74. The number of hydrogen-bond donors (Lipinski definition) is 0. The molecule has 0 saturated carbocycles. The van der Waals surface area contributed by atoms with Gasteiger partial charge in [-0.15, -0.1) is 0 Å². The van der Waals surface area contributed by atoms with Crippen molar-refractivity contribution in [3.63, 3.8) is 0 Å². The highest BCUT2D eigenvalue weighted by atomic mass is 16.5. The van der Waals surface area contributed by atoms with Crippen LogP contribution in [0.2, 0.25) is 0 Å². The summed E-state index contributed by atoms with van der Waals surface area (Å²) in [6.07, 6.45) is 3.71. The maximum absolute atomic E-state index is 5.76. The molecule has 24 heavy (non-hydrogen) atoms. The Morgan fingerprint density at radius 2 is 2.00 bits per heavy atom. The molecule has 2 heterocycles. The summed E-state index contributed by atoms with van der Waals surface area (Å²) in [5, 5.41) is 1.12. The van der Waals surface area contributed by atoms with Crippen LogP contribution in [0.3, 0.4) is 0 Å². The Labute approximate surface area is 142 Å². The summed E-state index contributed by atoms with van der Waals surface area (Å²) in [5.74, 6) is 2.01. The molecule has 0 spiro atoms. The predicted octanol–water partition coefficient (Wildman–Crippen LogP) is 3.98. The standard InChI is InChI=1S/C20H21N3O/c1-2-11-24-17-8-7-16-13-23(10-9-15(16)12-17)20-18-5-3-4-6-19(18)21-14-22-20/h3-8,12,14H,2,9-11,13H2,1H3. The first-order valence-electron chi connectivity index (χ1n) is 8.54. The van der Waals surface area contributed by atoms with Crippen molar-refractivity contribution >= 4 is 16.7 Å². The molecule has 0 atom stereocenters. The SMILES string of the molecule is CCCOc1ccc2c(c1)CCN(c1ncnc3ccccc13)C2. The molecule has 3 aromatic rings. The lowest BCUT2D eigenvalue weighted by atomic mass is 9.99. The van der Waals surface area contributed by atoms with Crippen LogP contribution in [0, 0.1) is 0 Å². The maximum atomic E-state index is 5.76. The average molecular weight is 319 g/mol. The molecule has 0 radical (unpaired) electrons. The Morgan fingerprint density at radius 1 is 1.08 bits per heavy atom. The summed E-state index contributed by atoms with van der Waals surface area (Å²) < 4.78 is 5.76. The molecule has 1 aliphatic rings. The number of nitrogens with zero attached hydrogens (tertiary/aromatic N) is 3. The van der Waals surface area contributed by atoms with Crippen LogP contribution in [0.4, 0.5) is 5.82 Å². The molecule has 0 amide bonds. The summed E-state index contributed by atoms with van der Waals surface area (Å²) in [7, 11) is 0. The Morgan fingerprint density at radius 3 is 2.92 bits per heavy atom. The van der Waals surface area contributed by atoms with Crippen LogP contribution in [-0.4, -0.2) is 23.1 Å². The fourth-order valence-corrected chi connectivity index (χ4v) is 3.26. The molecule has 1 aliphatic heterocycles. The highest BCUT2D eigenvalue weighted by molar-refractivity contribution is 5.89. The second kappa shape index (κ2) is 6.48. The number of fused-ring (bicyclic) bond motifs is 2. The van der Waals surface area contributed by atoms with Gasteiger partial charge in [0.25, 0.3) is 0 Å². The third kappa shape index (κ3) is 2.80. The van der Waals surface area contributed by atoms with Gasteiger partial charge in [-0.2, -0.15) is 0 Å². The highest BCUT2D eigenvalue weighted by Crippen LogP contribution is 2.29. The summed E-state index contributed by atoms with van der Waals surface area (Å²) in [4.78, 5) is 11.3. The number of para-hydroxylation sites is 1. The van der Waals surface area contributed by atoms with Crippen LogP contribution in [0.25, 0.3) is 10.9 Å². The lowest BCUT2D eigenvalue weighted by molar-refractivity contribution is 0.317. The summed E-state index contributed by atoms with van der Waals surface area (Å²) in [6.45, 7) is 4.75. The van der Waals surface area contributed by atoms with Crippen molar-refractivity contribution in [2.45, 2.75) is 26.3 Å². The summed E-state index contributed by atoms with van der Waals surface area (Å²) >= 11 is 0. The molecule has 0 saturated heterocycles. The maximum Gasteiger partial charge on any atom is 0.140 e. The Kier molecular flexibility index (Phi) is 4.03. The third-order valence-corrected chi connectivity index (χ3v) is 4.48. The Balaban J connectivity index is 1.62. The van der Waals surface area contributed by atoms with E-state index in [1.165, 1.54) is 11.1 Å². The van der Waals surface area contributed by atoms with Gasteiger partial charge in [0.1, 0.15) is 17.9 Å². The van der Waals surface area contributed by atoms with Gasteiger partial charge in [0.05, 0.1) is 12.1 Å². The van der Waals surface area contributed by atoms with Crippen LogP contribution < -0.4 is 9.64 Å². The molecular weight excluding hydrogens is 298 g/mol. The van der Waals surface area contributed by atoms with Gasteiger partial charge in [0.15, 0.2) is 0 Å². The molecule has 1 aromatic heterocycles. The zero-order chi connectivity index (χ0) is 16.4. The quantitative estimate of drug-likeness (QED) is 0.729. The van der Waals surface area contributed by atoms with Crippen LogP contribution >= 0.6 is 0 Å². The number of ether oxygens (including phenoxy) is 1. The lowest BCUT2D eigenvalue weighted by Crippen LogP contribution is -2.31. The Hall–Kier alpha value is -2.62. The van der Waals surface area contributed by atoms with E-state index in [-0.39, 0.29) is 0 Å². The molecule has 4 rings (SSSR count). The van der Waals surface area contributed by atoms with E-state index in [0.717, 1.165) is 55.0 Å². The van der Waals surface area contributed by atoms with E-state index in [0.29, 0.717) is 0 Å². The van der Waals surface area contributed by atoms with E-state index >= 15 is 0 Å². The largest absolute Gasteiger partial charge is 0.494 e. The van der Waals surface area contributed by atoms with Crippen LogP contribution in [0.15, 0.2) is 48.8 Å². The van der Waals surface area contributed by atoms with Crippen molar-refractivity contribution in [1.82, 2.24) is 9.97 Å². The molecule has 0 unspecified atom stereocenters. The van der Waals surface area contributed by atoms with Gasteiger partial charge in [-0.25, -0.2) is 9.97 Å². The molecule has 0 aliphatic carbocycles. The van der Waals surface area contributed by atoms with E-state index in [1.54, 1.807) is 6.33 Å². The monoisotopic (exact) mass is 319 g/mol. The molecule has 4 heteroatoms. The van der Waals surface area contributed by atoms with Crippen molar-refractivity contribution in [3.05, 3.63) is 59.9 Å². The van der Waals surface area contributed by atoms with Crippen molar-refractivity contribution in [2.24, 2.45) is 0 Å². The zero-order valence-corrected chi connectivity index (χ0v) is 13.9. The molecule has 2 aromatic carbocycles. The molecular formula is C20H21N3O. The van der Waals surface area contributed by atoms with Crippen molar-refractivity contribution < 1.29 is 4.74 Å². The third-order valence-electron chi connectivity index (χ3n) is 4.48. The average Bonchev–Trinajstić information content (AvgIpc) is 2.65. The second-order valence-corrected chi connectivity index (χ2v) is 6.16. The molecule has 0 bridgehead atoms. The van der Waals surface area contributed by atoms with Crippen LogP contribution in [-0.2, 0) is 13.0 Å². The van der Waals surface area contributed by atoms with Crippen molar-refractivity contribution in [1.29, 1.82) is 0 Å². The first-order chi connectivity index (χ1) is 11.8. The van der Waals surface area contributed by atoms with E-state index in [4.69, 9.17) is 4.74 Å². The van der Waals surface area contributed by atoms with Crippen LogP contribution in [0.1, 0.15) is 24.5 Å². The number of aromatic nitrogens is 2. The first kappa shape index (κ1) is 14.9. The van der Waals surface area contributed by atoms with Gasteiger partial charge in [0, 0.05) is 18.5 Å². The van der Waals surface area contributed by atoms with Crippen molar-refractivity contribution in [2.75, 3.05) is 18.1 Å². The fraction of sp³-hybridized carbons (Fsp3) is 0.300. The molecule has 0 fully saturated rings. The van der Waals surface area contributed by atoms with Crippen molar-refractivity contribution in [3.8, 4) is 5.75 Å². The summed E-state index contributed by atoms with van der Waals surface area (Å²) in [6, 6.07) is 14.7. The topological polar surface area (TPSA) is 38.2 Å². The number of hydrogen-bond acceptors (Lipinski definition) is 4. The minimum Gasteiger partial charge on any atom is -0.494 e. The number of benzene rings is 2. The highest BCUT2D eigenvalue weighted by Gasteiger charge is 2.19. The van der Waals surface area contributed by atoms with Gasteiger partial charge < -0.3 is 9.64 Å². The van der Waals surface area contributed by atoms with Crippen LogP contribution in [0.5, 0.6) is 5.75 Å². The van der Waals surface area contributed by atoms with Gasteiger partial charge >= 0.3 is 0 Å². The normalized spacial score (nSPS) is 13.8. The minimum absolute atomic E-state index is 0.776. The van der Waals surface area contributed by atoms with Gasteiger partial charge in [0.2, 0.25) is 0 Å². The second-order valence-electron chi connectivity index (χ2n) is 6.16. The number of anilines is 1. The molecule has 122 valence electrons. The molecule has 4 nitrogen and oxygen atoms in total. The smallest absolute Gasteiger partial charge is 0.140 e. The predicted molar refractivity (Wildman–Crippen MR) is 96.5 cm³/mol.